The van der Waals surface area contributed by atoms with E-state index in [0.717, 1.165) is 5.56 Å². The zero-order valence-electron chi connectivity index (χ0n) is 11.0. The molecule has 96 valence electrons. The Morgan fingerprint density at radius 2 is 2.06 bits per heavy atom. The Morgan fingerprint density at radius 3 is 2.65 bits per heavy atom. The summed E-state index contributed by atoms with van der Waals surface area (Å²) in [4.78, 5) is 0. The molecule has 0 heterocycles. The Labute approximate surface area is 103 Å². The van der Waals surface area contributed by atoms with E-state index in [9.17, 15) is 9.50 Å². The van der Waals surface area contributed by atoms with Crippen LogP contribution in [0.15, 0.2) is 18.2 Å². The molecule has 0 amide bonds. The highest BCUT2D eigenvalue weighted by Crippen LogP contribution is 2.27. The van der Waals surface area contributed by atoms with Crippen molar-refractivity contribution in [2.75, 3.05) is 6.54 Å². The van der Waals surface area contributed by atoms with Crippen molar-refractivity contribution in [3.05, 3.63) is 35.1 Å². The van der Waals surface area contributed by atoms with Crippen LogP contribution in [0.4, 0.5) is 4.39 Å². The minimum absolute atomic E-state index is 0.303. The molecule has 2 nitrogen and oxygen atoms in total. The van der Waals surface area contributed by atoms with Crippen LogP contribution in [0.3, 0.4) is 0 Å². The molecule has 0 aliphatic carbocycles. The molecule has 0 saturated heterocycles. The molecule has 0 aliphatic rings. The summed E-state index contributed by atoms with van der Waals surface area (Å²) in [6.45, 7) is 8.45. The molecule has 0 aromatic heterocycles. The van der Waals surface area contributed by atoms with Gasteiger partial charge in [-0.15, -0.1) is 0 Å². The third kappa shape index (κ3) is 4.10. The SMILES string of the molecule is Cc1ccc(F)cc1C(C)(O)CCNC(C)C. The second-order valence-electron chi connectivity index (χ2n) is 5.09. The summed E-state index contributed by atoms with van der Waals surface area (Å²) < 4.78 is 13.2. The summed E-state index contributed by atoms with van der Waals surface area (Å²) in [7, 11) is 0. The predicted octanol–water partition coefficient (Wildman–Crippen LogP) is 2.73. The summed E-state index contributed by atoms with van der Waals surface area (Å²) >= 11 is 0. The Morgan fingerprint density at radius 1 is 1.41 bits per heavy atom. The second kappa shape index (κ2) is 5.61. The van der Waals surface area contributed by atoms with Gasteiger partial charge in [0.2, 0.25) is 0 Å². The van der Waals surface area contributed by atoms with Crippen molar-refractivity contribution in [2.24, 2.45) is 0 Å². The fraction of sp³-hybridized carbons (Fsp3) is 0.571. The first kappa shape index (κ1) is 14.1. The van der Waals surface area contributed by atoms with Gasteiger partial charge in [-0.25, -0.2) is 4.39 Å². The molecule has 17 heavy (non-hydrogen) atoms. The highest BCUT2D eigenvalue weighted by atomic mass is 19.1. The van der Waals surface area contributed by atoms with E-state index in [1.54, 1.807) is 13.0 Å². The Bertz CT molecular complexity index is 374. The van der Waals surface area contributed by atoms with Gasteiger partial charge in [0, 0.05) is 6.04 Å². The maximum Gasteiger partial charge on any atom is 0.123 e. The Hall–Kier alpha value is -0.930. The van der Waals surface area contributed by atoms with Crippen LogP contribution >= 0.6 is 0 Å². The normalized spacial score (nSPS) is 15.0. The first-order chi connectivity index (χ1) is 7.83. The molecule has 0 saturated carbocycles. The number of nitrogens with one attached hydrogen (secondary N) is 1. The average molecular weight is 239 g/mol. The molecule has 0 radical (unpaired) electrons. The summed E-state index contributed by atoms with van der Waals surface area (Å²) in [5, 5.41) is 13.6. The van der Waals surface area contributed by atoms with Gasteiger partial charge in [0.05, 0.1) is 5.60 Å². The van der Waals surface area contributed by atoms with Crippen molar-refractivity contribution in [2.45, 2.75) is 45.8 Å². The van der Waals surface area contributed by atoms with Crippen molar-refractivity contribution >= 4 is 0 Å². The lowest BCUT2D eigenvalue weighted by Gasteiger charge is -2.26. The molecule has 0 spiro atoms. The van der Waals surface area contributed by atoms with Crippen LogP contribution in [0.2, 0.25) is 0 Å². The maximum atomic E-state index is 13.2. The number of hydrogen-bond acceptors (Lipinski definition) is 2. The van der Waals surface area contributed by atoms with Crippen LogP contribution in [-0.4, -0.2) is 17.7 Å². The molecular weight excluding hydrogens is 217 g/mol. The van der Waals surface area contributed by atoms with Crippen molar-refractivity contribution in [3.63, 3.8) is 0 Å². The van der Waals surface area contributed by atoms with Gasteiger partial charge in [0.1, 0.15) is 5.82 Å². The van der Waals surface area contributed by atoms with Gasteiger partial charge in [0.25, 0.3) is 0 Å². The van der Waals surface area contributed by atoms with E-state index < -0.39 is 5.60 Å². The van der Waals surface area contributed by atoms with Crippen LogP contribution in [0.25, 0.3) is 0 Å². The molecule has 1 aromatic carbocycles. The van der Waals surface area contributed by atoms with Crippen LogP contribution < -0.4 is 5.32 Å². The predicted molar refractivity (Wildman–Crippen MR) is 68.5 cm³/mol. The van der Waals surface area contributed by atoms with Crippen molar-refractivity contribution in [1.29, 1.82) is 0 Å². The third-order valence-electron chi connectivity index (χ3n) is 2.94. The average Bonchev–Trinajstić information content (AvgIpc) is 2.20. The van der Waals surface area contributed by atoms with Gasteiger partial charge >= 0.3 is 0 Å². The van der Waals surface area contributed by atoms with Gasteiger partial charge < -0.3 is 10.4 Å². The monoisotopic (exact) mass is 239 g/mol. The zero-order chi connectivity index (χ0) is 13.1. The minimum atomic E-state index is -0.992. The van der Waals surface area contributed by atoms with E-state index in [1.807, 2.05) is 6.92 Å². The summed E-state index contributed by atoms with van der Waals surface area (Å²) in [5.74, 6) is -0.303. The number of rotatable bonds is 5. The number of hydrogen-bond donors (Lipinski definition) is 2. The smallest absolute Gasteiger partial charge is 0.123 e. The van der Waals surface area contributed by atoms with Gasteiger partial charge in [0.15, 0.2) is 0 Å². The fourth-order valence-corrected chi connectivity index (χ4v) is 1.91. The maximum absolute atomic E-state index is 13.2. The van der Waals surface area contributed by atoms with Crippen molar-refractivity contribution < 1.29 is 9.50 Å². The number of aliphatic hydroxyl groups is 1. The molecule has 1 atom stereocenters. The van der Waals surface area contributed by atoms with Gasteiger partial charge in [-0.3, -0.25) is 0 Å². The molecule has 0 aliphatic heterocycles. The highest BCUT2D eigenvalue weighted by Gasteiger charge is 2.24. The van der Waals surface area contributed by atoms with Crippen molar-refractivity contribution in [1.82, 2.24) is 5.32 Å². The first-order valence-corrected chi connectivity index (χ1v) is 6.05. The lowest BCUT2D eigenvalue weighted by molar-refractivity contribution is 0.0466. The minimum Gasteiger partial charge on any atom is -0.385 e. The molecule has 1 rings (SSSR count). The van der Waals surface area contributed by atoms with Gasteiger partial charge in [-0.2, -0.15) is 0 Å². The lowest BCUT2D eigenvalue weighted by Crippen LogP contribution is -2.31. The van der Waals surface area contributed by atoms with E-state index in [2.05, 4.69) is 19.2 Å². The van der Waals surface area contributed by atoms with E-state index in [1.165, 1.54) is 12.1 Å². The molecule has 2 N–H and O–H groups in total. The highest BCUT2D eigenvalue weighted by molar-refractivity contribution is 5.31. The van der Waals surface area contributed by atoms with Crippen LogP contribution in [0, 0.1) is 12.7 Å². The molecule has 0 bridgehead atoms. The lowest BCUT2D eigenvalue weighted by atomic mass is 9.89. The quantitative estimate of drug-likeness (QED) is 0.828. The van der Waals surface area contributed by atoms with Crippen LogP contribution in [-0.2, 0) is 5.60 Å². The Balaban J connectivity index is 2.77. The molecular formula is C14H22FNO. The van der Waals surface area contributed by atoms with E-state index in [0.29, 0.717) is 24.6 Å². The first-order valence-electron chi connectivity index (χ1n) is 6.05. The van der Waals surface area contributed by atoms with Gasteiger partial charge in [-0.1, -0.05) is 19.9 Å². The summed E-state index contributed by atoms with van der Waals surface area (Å²) in [6.07, 6.45) is 0.565. The standard InChI is InChI=1S/C14H22FNO/c1-10(2)16-8-7-14(4,17)13-9-12(15)6-5-11(13)3/h5-6,9-10,16-17H,7-8H2,1-4H3. The van der Waals surface area contributed by atoms with Crippen LogP contribution in [0.5, 0.6) is 0 Å². The van der Waals surface area contributed by atoms with E-state index >= 15 is 0 Å². The largest absolute Gasteiger partial charge is 0.385 e. The molecule has 0 fully saturated rings. The number of aryl methyl sites for hydroxylation is 1. The fourth-order valence-electron chi connectivity index (χ4n) is 1.91. The topological polar surface area (TPSA) is 32.3 Å². The molecule has 1 aromatic rings. The summed E-state index contributed by atoms with van der Waals surface area (Å²) in [5.41, 5.74) is 0.595. The molecule has 3 heteroatoms. The Kier molecular flexibility index (Phi) is 4.66. The molecule has 1 unspecified atom stereocenters. The number of benzene rings is 1. The second-order valence-corrected chi connectivity index (χ2v) is 5.09. The van der Waals surface area contributed by atoms with Crippen molar-refractivity contribution in [3.8, 4) is 0 Å². The van der Waals surface area contributed by atoms with E-state index in [-0.39, 0.29) is 5.82 Å². The summed E-state index contributed by atoms with van der Waals surface area (Å²) in [6, 6.07) is 4.93. The number of halogens is 1. The van der Waals surface area contributed by atoms with Gasteiger partial charge in [-0.05, 0) is 50.1 Å². The zero-order valence-corrected chi connectivity index (χ0v) is 11.0. The van der Waals surface area contributed by atoms with E-state index in [4.69, 9.17) is 0 Å². The third-order valence-corrected chi connectivity index (χ3v) is 2.94. The van der Waals surface area contributed by atoms with Crippen LogP contribution in [0.1, 0.15) is 38.3 Å².